The Labute approximate surface area is 160 Å². The number of nitrogens with zero attached hydrogens (tertiary/aromatic N) is 2. The fraction of sp³-hybridized carbons (Fsp3) is 0.722. The van der Waals surface area contributed by atoms with Gasteiger partial charge in [-0.2, -0.15) is 4.31 Å². The molecule has 2 aliphatic rings. The molecule has 0 radical (unpaired) electrons. The van der Waals surface area contributed by atoms with E-state index >= 15 is 0 Å². The van der Waals surface area contributed by atoms with Crippen molar-refractivity contribution >= 4 is 27.3 Å². The number of hydrogen-bond donors (Lipinski definition) is 1. The molecule has 146 valence electrons. The molecule has 6 nitrogen and oxygen atoms in total. The molecule has 8 heteroatoms. The molecule has 1 N–H and O–H groups in total. The Kier molecular flexibility index (Phi) is 6.71. The van der Waals surface area contributed by atoms with Gasteiger partial charge in [0, 0.05) is 32.2 Å². The largest absolute Gasteiger partial charge is 0.351 e. The Balaban J connectivity index is 1.47. The molecule has 2 fully saturated rings. The maximum absolute atomic E-state index is 12.5. The topological polar surface area (TPSA) is 69.7 Å². The summed E-state index contributed by atoms with van der Waals surface area (Å²) in [5, 5.41) is 2.92. The van der Waals surface area contributed by atoms with Crippen molar-refractivity contribution in [1.82, 2.24) is 14.5 Å². The highest BCUT2D eigenvalue weighted by molar-refractivity contribution is 7.91. The normalized spacial score (nSPS) is 22.6. The van der Waals surface area contributed by atoms with Crippen LogP contribution in [0.5, 0.6) is 0 Å². The van der Waals surface area contributed by atoms with Crippen molar-refractivity contribution in [3.63, 3.8) is 0 Å². The van der Waals surface area contributed by atoms with Gasteiger partial charge in [-0.25, -0.2) is 8.42 Å². The predicted molar refractivity (Wildman–Crippen MR) is 104 cm³/mol. The van der Waals surface area contributed by atoms with Crippen molar-refractivity contribution in [3.05, 3.63) is 17.0 Å². The van der Waals surface area contributed by atoms with Crippen LogP contribution >= 0.6 is 11.3 Å². The zero-order valence-electron chi connectivity index (χ0n) is 15.4. The molecule has 0 bridgehead atoms. The fourth-order valence-corrected chi connectivity index (χ4v) is 6.59. The van der Waals surface area contributed by atoms with Gasteiger partial charge in [0.25, 0.3) is 15.9 Å². The second kappa shape index (κ2) is 8.82. The summed E-state index contributed by atoms with van der Waals surface area (Å²) in [4.78, 5) is 15.3. The van der Waals surface area contributed by atoms with Crippen molar-refractivity contribution < 1.29 is 13.2 Å². The van der Waals surface area contributed by atoms with Crippen LogP contribution in [0.4, 0.5) is 0 Å². The Bertz CT molecular complexity index is 711. The third kappa shape index (κ3) is 4.65. The van der Waals surface area contributed by atoms with Crippen molar-refractivity contribution in [2.24, 2.45) is 0 Å². The van der Waals surface area contributed by atoms with Crippen LogP contribution in [0.2, 0.25) is 0 Å². The zero-order chi connectivity index (χ0) is 18.6. The van der Waals surface area contributed by atoms with E-state index in [0.29, 0.717) is 30.6 Å². The summed E-state index contributed by atoms with van der Waals surface area (Å²) in [5.74, 6) is -0.176. The molecule has 1 aromatic rings. The zero-order valence-corrected chi connectivity index (χ0v) is 17.1. The number of carbonyl (C=O) groups is 1. The highest BCUT2D eigenvalue weighted by Crippen LogP contribution is 2.27. The first kappa shape index (κ1) is 19.8. The number of rotatable bonds is 7. The molecule has 26 heavy (non-hydrogen) atoms. The van der Waals surface area contributed by atoms with Crippen LogP contribution in [-0.2, 0) is 10.0 Å². The third-order valence-corrected chi connectivity index (χ3v) is 8.76. The lowest BCUT2D eigenvalue weighted by atomic mass is 10.0. The van der Waals surface area contributed by atoms with Crippen LogP contribution in [0.3, 0.4) is 0 Å². The van der Waals surface area contributed by atoms with E-state index in [9.17, 15) is 13.2 Å². The minimum atomic E-state index is -3.43. The van der Waals surface area contributed by atoms with Gasteiger partial charge in [-0.3, -0.25) is 4.79 Å². The summed E-state index contributed by atoms with van der Waals surface area (Å²) in [5.41, 5.74) is 0. The van der Waals surface area contributed by atoms with Crippen LogP contribution in [0.15, 0.2) is 16.3 Å². The molecule has 1 aromatic heterocycles. The molecule has 3 heterocycles. The van der Waals surface area contributed by atoms with E-state index in [0.717, 1.165) is 43.7 Å². The molecular weight excluding hydrogens is 370 g/mol. The van der Waals surface area contributed by atoms with E-state index in [1.165, 1.54) is 23.6 Å². The first-order chi connectivity index (χ1) is 12.5. The molecule has 0 saturated carbocycles. The van der Waals surface area contributed by atoms with Crippen molar-refractivity contribution in [3.8, 4) is 0 Å². The SMILES string of the molecule is CC1CCCCN1CCCNC(=O)c1ccc(S(=O)(=O)N2CCCC2)s1. The number of likely N-dealkylation sites (tertiary alicyclic amines) is 1. The number of sulfonamides is 1. The molecule has 3 rings (SSSR count). The average Bonchev–Trinajstić information content (AvgIpc) is 3.31. The lowest BCUT2D eigenvalue weighted by molar-refractivity contribution is 0.0953. The Hall–Kier alpha value is -0.960. The molecule has 2 saturated heterocycles. The lowest BCUT2D eigenvalue weighted by Crippen LogP contribution is -2.39. The van der Waals surface area contributed by atoms with E-state index in [-0.39, 0.29) is 10.1 Å². The number of carbonyl (C=O) groups excluding carboxylic acids is 1. The summed E-state index contributed by atoms with van der Waals surface area (Å²) in [6.45, 7) is 6.20. The second-order valence-corrected chi connectivity index (χ2v) is 10.5. The van der Waals surface area contributed by atoms with Crippen molar-refractivity contribution in [1.29, 1.82) is 0 Å². The van der Waals surface area contributed by atoms with Gasteiger partial charge in [-0.1, -0.05) is 6.42 Å². The van der Waals surface area contributed by atoms with Gasteiger partial charge in [0.2, 0.25) is 0 Å². The van der Waals surface area contributed by atoms with E-state index in [2.05, 4.69) is 17.1 Å². The van der Waals surface area contributed by atoms with Crippen molar-refractivity contribution in [2.45, 2.75) is 55.7 Å². The molecule has 1 amide bonds. The summed E-state index contributed by atoms with van der Waals surface area (Å²) < 4.78 is 26.9. The molecule has 1 atom stereocenters. The van der Waals surface area contributed by atoms with E-state index < -0.39 is 10.0 Å². The van der Waals surface area contributed by atoms with Gasteiger partial charge >= 0.3 is 0 Å². The molecular formula is C18H29N3O3S2. The van der Waals surface area contributed by atoms with Gasteiger partial charge in [0.05, 0.1) is 4.88 Å². The Morgan fingerprint density at radius 1 is 1.19 bits per heavy atom. The highest BCUT2D eigenvalue weighted by Gasteiger charge is 2.29. The fourth-order valence-electron chi connectivity index (χ4n) is 3.70. The van der Waals surface area contributed by atoms with Crippen molar-refractivity contribution in [2.75, 3.05) is 32.7 Å². The number of thiophene rings is 1. The number of nitrogens with one attached hydrogen (secondary N) is 1. The standard InChI is InChI=1S/C18H29N3O3S2/c1-15-7-2-3-11-20(15)12-6-10-19-18(22)16-8-9-17(25-16)26(23,24)21-13-4-5-14-21/h8-9,15H,2-7,10-14H2,1H3,(H,19,22). The minimum Gasteiger partial charge on any atom is -0.351 e. The first-order valence-electron chi connectivity index (χ1n) is 9.61. The van der Waals surface area contributed by atoms with E-state index in [1.807, 2.05) is 0 Å². The molecule has 0 aliphatic carbocycles. The van der Waals surface area contributed by atoms with Crippen LogP contribution < -0.4 is 5.32 Å². The van der Waals surface area contributed by atoms with E-state index in [1.54, 1.807) is 12.1 Å². The molecule has 1 unspecified atom stereocenters. The second-order valence-electron chi connectivity index (χ2n) is 7.22. The van der Waals surface area contributed by atoms with E-state index in [4.69, 9.17) is 0 Å². The number of hydrogen-bond acceptors (Lipinski definition) is 5. The Morgan fingerprint density at radius 3 is 2.65 bits per heavy atom. The molecule has 0 spiro atoms. The minimum absolute atomic E-state index is 0.176. The maximum atomic E-state index is 12.5. The van der Waals surface area contributed by atoms with Crippen LogP contribution in [0.25, 0.3) is 0 Å². The summed E-state index contributed by atoms with van der Waals surface area (Å²) >= 11 is 1.07. The number of amides is 1. The smallest absolute Gasteiger partial charge is 0.261 e. The summed E-state index contributed by atoms with van der Waals surface area (Å²) in [6, 6.07) is 3.81. The van der Waals surface area contributed by atoms with Gasteiger partial charge in [0.15, 0.2) is 0 Å². The van der Waals surface area contributed by atoms with Gasteiger partial charge in [-0.05, 0) is 57.7 Å². The van der Waals surface area contributed by atoms with Crippen LogP contribution in [0.1, 0.15) is 55.1 Å². The van der Waals surface area contributed by atoms with Gasteiger partial charge in [0.1, 0.15) is 4.21 Å². The average molecular weight is 400 g/mol. The monoisotopic (exact) mass is 399 g/mol. The van der Waals surface area contributed by atoms with Crippen LogP contribution in [0, 0.1) is 0 Å². The maximum Gasteiger partial charge on any atom is 0.261 e. The van der Waals surface area contributed by atoms with Gasteiger partial charge in [-0.15, -0.1) is 11.3 Å². The van der Waals surface area contributed by atoms with Gasteiger partial charge < -0.3 is 10.2 Å². The Morgan fingerprint density at radius 2 is 1.92 bits per heavy atom. The highest BCUT2D eigenvalue weighted by atomic mass is 32.2. The summed E-state index contributed by atoms with van der Waals surface area (Å²) in [6.07, 6.45) is 6.58. The third-order valence-electron chi connectivity index (χ3n) is 5.31. The lowest BCUT2D eigenvalue weighted by Gasteiger charge is -2.33. The molecule has 0 aromatic carbocycles. The number of piperidine rings is 1. The molecule has 2 aliphatic heterocycles. The first-order valence-corrected chi connectivity index (χ1v) is 11.9. The summed E-state index contributed by atoms with van der Waals surface area (Å²) in [7, 11) is -3.43. The quantitative estimate of drug-likeness (QED) is 0.716. The predicted octanol–water partition coefficient (Wildman–Crippen LogP) is 2.53. The van der Waals surface area contributed by atoms with Crippen LogP contribution in [-0.4, -0.2) is 62.3 Å².